The largest absolute Gasteiger partial charge is 0.382 e. The molecule has 2 aromatic heterocycles. The lowest BCUT2D eigenvalue weighted by atomic mass is 10.1. The summed E-state index contributed by atoms with van der Waals surface area (Å²) in [4.78, 5) is 49.7. The lowest BCUT2D eigenvalue weighted by molar-refractivity contribution is -0.00835. The first-order valence-corrected chi connectivity index (χ1v) is 10.8. The van der Waals surface area contributed by atoms with Crippen molar-refractivity contribution in [1.29, 1.82) is 0 Å². The second-order valence-corrected chi connectivity index (χ2v) is 7.33. The Bertz CT molecular complexity index is 1210. The summed E-state index contributed by atoms with van der Waals surface area (Å²) in [6.07, 6.45) is 0. The van der Waals surface area contributed by atoms with Crippen molar-refractivity contribution < 1.29 is 28.8 Å². The van der Waals surface area contributed by atoms with Gasteiger partial charge in [0, 0.05) is 7.11 Å². The van der Waals surface area contributed by atoms with Crippen molar-refractivity contribution in [2.75, 3.05) is 66.6 Å². The predicted octanol–water partition coefficient (Wildman–Crippen LogP) is -1.42. The van der Waals surface area contributed by atoms with Gasteiger partial charge in [0.25, 0.3) is 22.2 Å². The molecule has 0 aliphatic carbocycles. The Morgan fingerprint density at radius 3 is 1.32 bits per heavy atom. The molecule has 0 radical (unpaired) electrons. The number of aromatic nitrogens is 2. The van der Waals surface area contributed by atoms with E-state index < -0.39 is 29.0 Å². The highest BCUT2D eigenvalue weighted by atomic mass is 16.6. The second-order valence-electron chi connectivity index (χ2n) is 7.33. The maximum atomic E-state index is 12.6. The van der Waals surface area contributed by atoms with E-state index >= 15 is 0 Å². The van der Waals surface area contributed by atoms with Gasteiger partial charge in [-0.25, -0.2) is 0 Å². The highest BCUT2D eigenvalue weighted by molar-refractivity contribution is 5.97. The standard InChI is InChI=1S/C22H28N2O10/c1-30-4-5-32-8-9-34-11-10-33-7-6-31-3-2-23-19(26)15-12-17-18(13-16(15)20(23)27)22(29)24(14-25)21(17)28/h12-13,25H,2-11,14H2,1H3. The van der Waals surface area contributed by atoms with Crippen molar-refractivity contribution in [3.8, 4) is 0 Å². The summed E-state index contributed by atoms with van der Waals surface area (Å²) in [7, 11) is 1.61. The molecule has 2 heterocycles. The third-order valence-electron chi connectivity index (χ3n) is 5.21. The van der Waals surface area contributed by atoms with E-state index in [1.807, 2.05) is 0 Å². The van der Waals surface area contributed by atoms with Gasteiger partial charge in [0.2, 0.25) is 0 Å². The third kappa shape index (κ3) is 5.84. The van der Waals surface area contributed by atoms with E-state index in [9.17, 15) is 24.3 Å². The third-order valence-corrected chi connectivity index (χ3v) is 5.21. The molecular formula is C22H28N2O10. The number of benzene rings is 1. The van der Waals surface area contributed by atoms with Gasteiger partial charge in [-0.3, -0.25) is 28.3 Å². The first kappa shape index (κ1) is 25.9. The molecule has 186 valence electrons. The molecule has 0 aliphatic rings. The fourth-order valence-corrected chi connectivity index (χ4v) is 3.46. The minimum Gasteiger partial charge on any atom is -0.382 e. The van der Waals surface area contributed by atoms with E-state index in [0.717, 1.165) is 4.57 Å². The topological polar surface area (TPSA) is 145 Å². The molecule has 0 aliphatic heterocycles. The van der Waals surface area contributed by atoms with Crippen LogP contribution < -0.4 is 22.2 Å². The summed E-state index contributed by atoms with van der Waals surface area (Å²) < 4.78 is 27.9. The molecule has 12 nitrogen and oxygen atoms in total. The number of ether oxygens (including phenoxy) is 5. The van der Waals surface area contributed by atoms with Gasteiger partial charge in [-0.2, -0.15) is 0 Å². The molecule has 0 spiro atoms. The molecule has 0 saturated carbocycles. The van der Waals surface area contributed by atoms with E-state index in [-0.39, 0.29) is 41.3 Å². The number of methoxy groups -OCH3 is 1. The zero-order chi connectivity index (χ0) is 24.5. The van der Waals surface area contributed by atoms with E-state index in [1.165, 1.54) is 12.1 Å². The zero-order valence-electron chi connectivity index (χ0n) is 18.9. The summed E-state index contributed by atoms with van der Waals surface area (Å²) in [5.74, 6) is 0. The van der Waals surface area contributed by atoms with Crippen LogP contribution in [0.5, 0.6) is 0 Å². The van der Waals surface area contributed by atoms with Crippen LogP contribution in [-0.4, -0.2) is 80.8 Å². The predicted molar refractivity (Wildman–Crippen MR) is 122 cm³/mol. The molecule has 1 aromatic carbocycles. The minimum absolute atomic E-state index is 0.00297. The van der Waals surface area contributed by atoms with Crippen LogP contribution in [0.1, 0.15) is 0 Å². The molecule has 3 rings (SSSR count). The first-order chi connectivity index (χ1) is 16.5. The molecule has 0 amide bonds. The molecule has 3 aromatic rings. The van der Waals surface area contributed by atoms with Crippen LogP contribution >= 0.6 is 0 Å². The zero-order valence-corrected chi connectivity index (χ0v) is 18.9. The van der Waals surface area contributed by atoms with Gasteiger partial charge in [-0.05, 0) is 12.1 Å². The van der Waals surface area contributed by atoms with Gasteiger partial charge in [0.05, 0.1) is 87.6 Å². The highest BCUT2D eigenvalue weighted by Gasteiger charge is 2.19. The van der Waals surface area contributed by atoms with E-state index in [2.05, 4.69) is 0 Å². The molecular weight excluding hydrogens is 452 g/mol. The van der Waals surface area contributed by atoms with Gasteiger partial charge < -0.3 is 28.8 Å². The fraction of sp³-hybridized carbons (Fsp3) is 0.545. The number of fused-ring (bicyclic) bond motifs is 2. The van der Waals surface area contributed by atoms with E-state index in [4.69, 9.17) is 23.7 Å². The van der Waals surface area contributed by atoms with Gasteiger partial charge in [-0.15, -0.1) is 0 Å². The lowest BCUT2D eigenvalue weighted by Gasteiger charge is -2.07. The molecule has 0 bridgehead atoms. The van der Waals surface area contributed by atoms with Crippen molar-refractivity contribution in [3.05, 3.63) is 53.5 Å². The quantitative estimate of drug-likeness (QED) is 0.242. The van der Waals surface area contributed by atoms with Crippen LogP contribution in [-0.2, 0) is 37.0 Å². The molecule has 0 atom stereocenters. The van der Waals surface area contributed by atoms with E-state index in [0.29, 0.717) is 50.8 Å². The molecule has 34 heavy (non-hydrogen) atoms. The number of hydrogen-bond acceptors (Lipinski definition) is 10. The van der Waals surface area contributed by atoms with Crippen molar-refractivity contribution in [2.45, 2.75) is 13.3 Å². The summed E-state index contributed by atoms with van der Waals surface area (Å²) in [5.41, 5.74) is -2.52. The molecule has 0 unspecified atom stereocenters. The maximum Gasteiger partial charge on any atom is 0.263 e. The Morgan fingerprint density at radius 2 is 0.941 bits per heavy atom. The lowest BCUT2D eigenvalue weighted by Crippen LogP contribution is -2.28. The Morgan fingerprint density at radius 1 is 0.588 bits per heavy atom. The van der Waals surface area contributed by atoms with Crippen LogP contribution in [0.3, 0.4) is 0 Å². The number of aliphatic hydroxyl groups is 1. The Hall–Kier alpha value is -2.74. The number of rotatable bonds is 16. The van der Waals surface area contributed by atoms with Crippen molar-refractivity contribution in [1.82, 2.24) is 9.13 Å². The number of nitrogens with zero attached hydrogens (tertiary/aromatic N) is 2. The summed E-state index contributed by atoms with van der Waals surface area (Å²) >= 11 is 0. The smallest absolute Gasteiger partial charge is 0.263 e. The van der Waals surface area contributed by atoms with Gasteiger partial charge in [0.15, 0.2) is 0 Å². The maximum absolute atomic E-state index is 12.6. The van der Waals surface area contributed by atoms with Gasteiger partial charge in [0.1, 0.15) is 6.73 Å². The number of hydrogen-bond donors (Lipinski definition) is 1. The SMILES string of the molecule is COCCOCCOCCOCCOCCn1c(=O)c2cc3c(=O)n(CO)c(=O)c3cc2c1=O. The number of aliphatic hydroxyl groups excluding tert-OH is 1. The summed E-state index contributed by atoms with van der Waals surface area (Å²) in [6, 6.07) is 2.48. The summed E-state index contributed by atoms with van der Waals surface area (Å²) in [5, 5.41) is 9.30. The van der Waals surface area contributed by atoms with Gasteiger partial charge >= 0.3 is 0 Å². The monoisotopic (exact) mass is 480 g/mol. The van der Waals surface area contributed by atoms with E-state index in [1.54, 1.807) is 7.11 Å². The first-order valence-electron chi connectivity index (χ1n) is 10.8. The molecule has 1 N–H and O–H groups in total. The average Bonchev–Trinajstić information content (AvgIpc) is 3.22. The molecule has 0 fully saturated rings. The Balaban J connectivity index is 1.43. The Labute approximate surface area is 193 Å². The normalized spacial score (nSPS) is 11.8. The van der Waals surface area contributed by atoms with Crippen molar-refractivity contribution >= 4 is 21.5 Å². The molecule has 12 heteroatoms. The minimum atomic E-state index is -0.774. The van der Waals surface area contributed by atoms with Crippen molar-refractivity contribution in [2.24, 2.45) is 0 Å². The van der Waals surface area contributed by atoms with Crippen molar-refractivity contribution in [3.63, 3.8) is 0 Å². The fourth-order valence-electron chi connectivity index (χ4n) is 3.46. The van der Waals surface area contributed by atoms with Crippen LogP contribution in [0, 0.1) is 0 Å². The molecule has 0 saturated heterocycles. The second kappa shape index (κ2) is 12.6. The van der Waals surface area contributed by atoms with Crippen LogP contribution in [0.2, 0.25) is 0 Å². The van der Waals surface area contributed by atoms with Gasteiger partial charge in [-0.1, -0.05) is 0 Å². The van der Waals surface area contributed by atoms with Crippen LogP contribution in [0.4, 0.5) is 0 Å². The average molecular weight is 480 g/mol. The Kier molecular flexibility index (Phi) is 9.62. The summed E-state index contributed by atoms with van der Waals surface area (Å²) in [6.45, 7) is 2.81. The highest BCUT2D eigenvalue weighted by Crippen LogP contribution is 2.14. The van der Waals surface area contributed by atoms with Crippen LogP contribution in [0.15, 0.2) is 31.3 Å². The van der Waals surface area contributed by atoms with Crippen LogP contribution in [0.25, 0.3) is 21.5 Å².